The smallest absolute Gasteiger partial charge is 0.0213 e. The summed E-state index contributed by atoms with van der Waals surface area (Å²) in [6, 6.07) is 0. The highest BCUT2D eigenvalue weighted by Gasteiger charge is 2.13. The zero-order chi connectivity index (χ0) is 11.8. The summed E-state index contributed by atoms with van der Waals surface area (Å²) in [5.74, 6) is 2.90. The molecule has 0 spiro atoms. The molecule has 0 nitrogen and oxygen atoms in total. The second kappa shape index (κ2) is 7.73. The van der Waals surface area contributed by atoms with Crippen molar-refractivity contribution in [2.75, 3.05) is 0 Å². The average molecular weight is 208 g/mol. The van der Waals surface area contributed by atoms with E-state index in [1.807, 2.05) is 0 Å². The van der Waals surface area contributed by atoms with Gasteiger partial charge in [0.2, 0.25) is 0 Å². The van der Waals surface area contributed by atoms with Crippen molar-refractivity contribution in [3.63, 3.8) is 0 Å². The first-order valence-corrected chi connectivity index (χ1v) is 6.28. The van der Waals surface area contributed by atoms with Crippen LogP contribution in [-0.4, -0.2) is 0 Å². The normalized spacial score (nSPS) is 18.0. The molecule has 88 valence electrons. The van der Waals surface area contributed by atoms with E-state index >= 15 is 0 Å². The Bertz CT molecular complexity index is 188. The van der Waals surface area contributed by atoms with E-state index in [1.54, 1.807) is 0 Å². The van der Waals surface area contributed by atoms with Gasteiger partial charge in [0.05, 0.1) is 0 Å². The quantitative estimate of drug-likeness (QED) is 0.512. The topological polar surface area (TPSA) is 0 Å². The molecule has 3 unspecified atom stereocenters. The van der Waals surface area contributed by atoms with Gasteiger partial charge in [0.15, 0.2) is 0 Å². The molecule has 0 bridgehead atoms. The third-order valence-electron chi connectivity index (χ3n) is 3.51. The first-order valence-electron chi connectivity index (χ1n) is 6.28. The average Bonchev–Trinajstić information content (AvgIpc) is 2.18. The van der Waals surface area contributed by atoms with Gasteiger partial charge < -0.3 is 0 Å². The maximum absolute atomic E-state index is 3.93. The van der Waals surface area contributed by atoms with E-state index in [-0.39, 0.29) is 0 Å². The van der Waals surface area contributed by atoms with Gasteiger partial charge in [0, 0.05) is 0 Å². The molecule has 0 aliphatic rings. The number of rotatable bonds is 7. The first-order chi connectivity index (χ1) is 7.02. The van der Waals surface area contributed by atoms with Gasteiger partial charge in [-0.3, -0.25) is 0 Å². The molecule has 0 heterocycles. The van der Waals surface area contributed by atoms with Crippen LogP contribution >= 0.6 is 0 Å². The minimum atomic E-state index is 0.685. The molecule has 0 radical (unpaired) electrons. The SMILES string of the molecule is C=CC(CCC(C)C(C)C=CC)C(C)C. The lowest BCUT2D eigenvalue weighted by molar-refractivity contribution is 0.349. The van der Waals surface area contributed by atoms with E-state index < -0.39 is 0 Å². The summed E-state index contributed by atoms with van der Waals surface area (Å²) in [7, 11) is 0. The molecular weight excluding hydrogens is 180 g/mol. The van der Waals surface area contributed by atoms with E-state index in [0.29, 0.717) is 11.8 Å². The Morgan fingerprint density at radius 2 is 1.67 bits per heavy atom. The monoisotopic (exact) mass is 208 g/mol. The minimum absolute atomic E-state index is 0.685. The van der Waals surface area contributed by atoms with E-state index in [2.05, 4.69) is 59.4 Å². The van der Waals surface area contributed by atoms with Crippen molar-refractivity contribution in [2.45, 2.75) is 47.5 Å². The highest BCUT2D eigenvalue weighted by molar-refractivity contribution is 4.87. The lowest BCUT2D eigenvalue weighted by atomic mass is 9.84. The number of hydrogen-bond donors (Lipinski definition) is 0. The van der Waals surface area contributed by atoms with Gasteiger partial charge in [-0.25, -0.2) is 0 Å². The van der Waals surface area contributed by atoms with E-state index in [4.69, 9.17) is 0 Å². The summed E-state index contributed by atoms with van der Waals surface area (Å²) >= 11 is 0. The summed E-state index contributed by atoms with van der Waals surface area (Å²) in [4.78, 5) is 0. The molecule has 0 aromatic carbocycles. The molecule has 0 rings (SSSR count). The molecule has 0 N–H and O–H groups in total. The summed E-state index contributed by atoms with van der Waals surface area (Å²) in [6.07, 6.45) is 9.18. The fourth-order valence-electron chi connectivity index (χ4n) is 1.93. The molecule has 0 aromatic heterocycles. The van der Waals surface area contributed by atoms with Crippen LogP contribution in [0.3, 0.4) is 0 Å². The number of hydrogen-bond acceptors (Lipinski definition) is 0. The third kappa shape index (κ3) is 5.81. The Labute approximate surface area is 96.5 Å². The molecule has 0 aliphatic carbocycles. The van der Waals surface area contributed by atoms with Gasteiger partial charge in [0.25, 0.3) is 0 Å². The van der Waals surface area contributed by atoms with Crippen LogP contribution in [0.4, 0.5) is 0 Å². The van der Waals surface area contributed by atoms with Crippen molar-refractivity contribution in [1.29, 1.82) is 0 Å². The highest BCUT2D eigenvalue weighted by Crippen LogP contribution is 2.24. The molecule has 0 saturated carbocycles. The fraction of sp³-hybridized carbons (Fsp3) is 0.733. The maximum atomic E-state index is 3.93. The lowest BCUT2D eigenvalue weighted by Gasteiger charge is -2.21. The second-order valence-electron chi connectivity index (χ2n) is 5.08. The van der Waals surface area contributed by atoms with Crippen LogP contribution in [0.15, 0.2) is 24.8 Å². The molecule has 3 atom stereocenters. The Kier molecular flexibility index (Phi) is 7.46. The zero-order valence-electron chi connectivity index (χ0n) is 11.2. The van der Waals surface area contributed by atoms with Crippen LogP contribution in [0.5, 0.6) is 0 Å². The highest BCUT2D eigenvalue weighted by atomic mass is 14.2. The van der Waals surface area contributed by atoms with Gasteiger partial charge in [-0.1, -0.05) is 45.9 Å². The van der Waals surface area contributed by atoms with Crippen LogP contribution in [0, 0.1) is 23.7 Å². The molecule has 0 heteroatoms. The van der Waals surface area contributed by atoms with Gasteiger partial charge >= 0.3 is 0 Å². The standard InChI is InChI=1S/C15H28/c1-7-9-13(5)14(6)10-11-15(8-2)12(3)4/h7-9,12-15H,2,10-11H2,1,3-6H3. The summed E-state index contributed by atoms with van der Waals surface area (Å²) < 4.78 is 0. The first kappa shape index (κ1) is 14.5. The van der Waals surface area contributed by atoms with Gasteiger partial charge in [0.1, 0.15) is 0 Å². The Morgan fingerprint density at radius 3 is 2.07 bits per heavy atom. The summed E-state index contributed by atoms with van der Waals surface area (Å²) in [6.45, 7) is 15.3. The largest absolute Gasteiger partial charge is 0.103 e. The molecule has 0 amide bonds. The van der Waals surface area contributed by atoms with E-state index in [0.717, 1.165) is 11.8 Å². The molecule has 0 aliphatic heterocycles. The molecule has 0 saturated heterocycles. The van der Waals surface area contributed by atoms with Crippen LogP contribution in [0.1, 0.15) is 47.5 Å². The maximum Gasteiger partial charge on any atom is -0.0213 e. The van der Waals surface area contributed by atoms with Crippen molar-refractivity contribution in [3.05, 3.63) is 24.8 Å². The van der Waals surface area contributed by atoms with Crippen LogP contribution < -0.4 is 0 Å². The van der Waals surface area contributed by atoms with Crippen molar-refractivity contribution >= 4 is 0 Å². The Morgan fingerprint density at radius 1 is 1.07 bits per heavy atom. The van der Waals surface area contributed by atoms with Crippen LogP contribution in [-0.2, 0) is 0 Å². The second-order valence-corrected chi connectivity index (χ2v) is 5.08. The van der Waals surface area contributed by atoms with Crippen molar-refractivity contribution in [2.24, 2.45) is 23.7 Å². The third-order valence-corrected chi connectivity index (χ3v) is 3.51. The molecule has 15 heavy (non-hydrogen) atoms. The summed E-state index contributed by atoms with van der Waals surface area (Å²) in [5.41, 5.74) is 0. The van der Waals surface area contributed by atoms with Crippen LogP contribution in [0.2, 0.25) is 0 Å². The van der Waals surface area contributed by atoms with Gasteiger partial charge in [-0.05, 0) is 43.4 Å². The summed E-state index contributed by atoms with van der Waals surface area (Å²) in [5, 5.41) is 0. The fourth-order valence-corrected chi connectivity index (χ4v) is 1.93. The van der Waals surface area contributed by atoms with Crippen molar-refractivity contribution < 1.29 is 0 Å². The molecule has 0 aromatic rings. The minimum Gasteiger partial charge on any atom is -0.103 e. The predicted octanol–water partition coefficient (Wildman–Crippen LogP) is 5.07. The van der Waals surface area contributed by atoms with Gasteiger partial charge in [-0.2, -0.15) is 0 Å². The molecule has 0 fully saturated rings. The Balaban J connectivity index is 3.97. The van der Waals surface area contributed by atoms with E-state index in [1.165, 1.54) is 12.8 Å². The lowest BCUT2D eigenvalue weighted by Crippen LogP contribution is -2.11. The molecular formula is C15H28. The number of allylic oxidation sites excluding steroid dienone is 3. The van der Waals surface area contributed by atoms with Crippen molar-refractivity contribution in [3.8, 4) is 0 Å². The zero-order valence-corrected chi connectivity index (χ0v) is 11.2. The Hall–Kier alpha value is -0.520. The van der Waals surface area contributed by atoms with Crippen molar-refractivity contribution in [1.82, 2.24) is 0 Å². The predicted molar refractivity (Wildman–Crippen MR) is 70.9 cm³/mol. The van der Waals surface area contributed by atoms with Crippen LogP contribution in [0.25, 0.3) is 0 Å². The van der Waals surface area contributed by atoms with E-state index in [9.17, 15) is 0 Å². The van der Waals surface area contributed by atoms with Gasteiger partial charge in [-0.15, -0.1) is 6.58 Å².